The number of aryl methyl sites for hydroxylation is 2. The van der Waals surface area contributed by atoms with Crippen molar-refractivity contribution in [3.63, 3.8) is 0 Å². The second kappa shape index (κ2) is 17.4. The molecule has 0 fully saturated rings. The van der Waals surface area contributed by atoms with Gasteiger partial charge in [0.05, 0.1) is 0 Å². The lowest BCUT2D eigenvalue weighted by Gasteiger charge is -2.26. The van der Waals surface area contributed by atoms with Crippen LogP contribution >= 0.6 is 0 Å². The summed E-state index contributed by atoms with van der Waals surface area (Å²) in [6, 6.07) is 79.8. The molecule has 11 rings (SSSR count). The van der Waals surface area contributed by atoms with Crippen LogP contribution in [0.5, 0.6) is 0 Å². The average Bonchev–Trinajstić information content (AvgIpc) is 3.38. The van der Waals surface area contributed by atoms with E-state index in [2.05, 4.69) is 252 Å². The molecule has 2 aliphatic carbocycles. The van der Waals surface area contributed by atoms with Crippen molar-refractivity contribution in [2.45, 2.75) is 25.7 Å². The van der Waals surface area contributed by atoms with Crippen LogP contribution in [0.1, 0.15) is 35.1 Å². The van der Waals surface area contributed by atoms with Crippen LogP contribution in [-0.2, 0) is 12.8 Å². The zero-order chi connectivity index (χ0) is 42.7. The molecule has 9 aromatic carbocycles. The molecule has 9 aromatic rings. The molecular formula is C62H48N2. The Morgan fingerprint density at radius 2 is 0.516 bits per heavy atom. The van der Waals surface area contributed by atoms with Gasteiger partial charge in [0.25, 0.3) is 0 Å². The van der Waals surface area contributed by atoms with Crippen molar-refractivity contribution in [3.8, 4) is 44.5 Å². The maximum Gasteiger partial charge on any atom is 0.0462 e. The third kappa shape index (κ3) is 7.98. The third-order valence-electron chi connectivity index (χ3n) is 12.8. The van der Waals surface area contributed by atoms with Crippen LogP contribution in [-0.4, -0.2) is 0 Å². The number of para-hydroxylation sites is 2. The molecule has 64 heavy (non-hydrogen) atoms. The summed E-state index contributed by atoms with van der Waals surface area (Å²) in [4.78, 5) is 4.66. The van der Waals surface area contributed by atoms with E-state index in [9.17, 15) is 0 Å². The number of hydrogen-bond acceptors (Lipinski definition) is 2. The van der Waals surface area contributed by atoms with E-state index < -0.39 is 0 Å². The molecule has 0 unspecified atom stereocenters. The van der Waals surface area contributed by atoms with Gasteiger partial charge in [0.2, 0.25) is 0 Å². The van der Waals surface area contributed by atoms with Crippen molar-refractivity contribution >= 4 is 46.3 Å². The van der Waals surface area contributed by atoms with Crippen molar-refractivity contribution in [1.29, 1.82) is 0 Å². The van der Waals surface area contributed by atoms with E-state index in [0.29, 0.717) is 0 Å². The second-order valence-electron chi connectivity index (χ2n) is 16.8. The van der Waals surface area contributed by atoms with Crippen LogP contribution < -0.4 is 9.80 Å². The minimum Gasteiger partial charge on any atom is -0.311 e. The van der Waals surface area contributed by atoms with Crippen molar-refractivity contribution in [2.24, 2.45) is 0 Å². The molecular weight excluding hydrogens is 773 g/mol. The van der Waals surface area contributed by atoms with Crippen LogP contribution in [0.3, 0.4) is 0 Å². The first kappa shape index (κ1) is 38.9. The molecule has 0 saturated heterocycles. The fourth-order valence-electron chi connectivity index (χ4n) is 9.33. The van der Waals surface area contributed by atoms with Gasteiger partial charge in [-0.25, -0.2) is 0 Å². The van der Waals surface area contributed by atoms with Gasteiger partial charge in [0.1, 0.15) is 0 Å². The first-order chi connectivity index (χ1) is 31.7. The van der Waals surface area contributed by atoms with Crippen LogP contribution in [0.2, 0.25) is 0 Å². The molecule has 0 N–H and O–H groups in total. The number of anilines is 6. The van der Waals surface area contributed by atoms with Gasteiger partial charge in [-0.1, -0.05) is 158 Å². The van der Waals surface area contributed by atoms with Gasteiger partial charge < -0.3 is 9.80 Å². The molecule has 0 bridgehead atoms. The van der Waals surface area contributed by atoms with Crippen molar-refractivity contribution in [1.82, 2.24) is 0 Å². The van der Waals surface area contributed by atoms with Crippen molar-refractivity contribution < 1.29 is 0 Å². The summed E-state index contributed by atoms with van der Waals surface area (Å²) in [5.41, 5.74) is 22.0. The standard InChI is InChI=1S/C62H48N2/c1-3-15-57(16-4-1)63(61-39-31-51(32-40-61)55-25-23-45-11-7-9-13-53(45)43-55)59-35-27-49(28-36-59)47-19-21-48(22-20-47)50-29-37-60(38-30-50)64(58-17-5-2-6-18-58)62-41-33-52(34-42-62)56-26-24-46-12-8-10-14-54(46)44-56/h1-6,9-10,13-44H,7-8,11-12H2. The van der Waals surface area contributed by atoms with Crippen LogP contribution in [0, 0.1) is 0 Å². The Morgan fingerprint density at radius 1 is 0.250 bits per heavy atom. The predicted octanol–water partition coefficient (Wildman–Crippen LogP) is 17.2. The monoisotopic (exact) mass is 820 g/mol. The van der Waals surface area contributed by atoms with Crippen LogP contribution in [0.15, 0.2) is 231 Å². The Balaban J connectivity index is 0.817. The molecule has 2 heteroatoms. The van der Waals surface area contributed by atoms with E-state index in [4.69, 9.17) is 0 Å². The lowest BCUT2D eigenvalue weighted by atomic mass is 9.93. The molecule has 0 radical (unpaired) electrons. The van der Waals surface area contributed by atoms with Crippen molar-refractivity contribution in [2.75, 3.05) is 9.80 Å². The molecule has 306 valence electrons. The minimum absolute atomic E-state index is 1.12. The number of fused-ring (bicyclic) bond motifs is 2. The summed E-state index contributed by atoms with van der Waals surface area (Å²) < 4.78 is 0. The van der Waals surface area contributed by atoms with Gasteiger partial charge in [-0.2, -0.15) is 0 Å². The van der Waals surface area contributed by atoms with Crippen LogP contribution in [0.4, 0.5) is 34.1 Å². The van der Waals surface area contributed by atoms with Gasteiger partial charge in [0.15, 0.2) is 0 Å². The quantitative estimate of drug-likeness (QED) is 0.136. The summed E-state index contributed by atoms with van der Waals surface area (Å²) in [7, 11) is 0. The highest BCUT2D eigenvalue weighted by Gasteiger charge is 2.16. The maximum atomic E-state index is 2.33. The van der Waals surface area contributed by atoms with Gasteiger partial charge in [-0.15, -0.1) is 0 Å². The Morgan fingerprint density at radius 3 is 0.844 bits per heavy atom. The fraction of sp³-hybridized carbons (Fsp3) is 0.0645. The number of rotatable bonds is 10. The Kier molecular flexibility index (Phi) is 10.6. The SMILES string of the molecule is C1=Cc2cc(-c3ccc(N(c4ccccc4)c4ccc(-c5ccc(-c6ccc(N(c7ccccc7)c7ccc(-c8ccc9c(c8)C=CCC9)cc7)cc6)cc5)cc4)cc3)ccc2CC1. The molecule has 0 spiro atoms. The fourth-order valence-corrected chi connectivity index (χ4v) is 9.33. The number of benzene rings is 9. The van der Waals surface area contributed by atoms with E-state index in [1.807, 2.05) is 0 Å². The minimum atomic E-state index is 1.12. The van der Waals surface area contributed by atoms with Crippen LogP contribution in [0.25, 0.3) is 56.7 Å². The summed E-state index contributed by atoms with van der Waals surface area (Å²) >= 11 is 0. The molecule has 0 aromatic heterocycles. The van der Waals surface area contributed by atoms with E-state index in [1.54, 1.807) is 0 Å². The van der Waals surface area contributed by atoms with E-state index in [0.717, 1.165) is 59.8 Å². The summed E-state index contributed by atoms with van der Waals surface area (Å²) in [6.45, 7) is 0. The van der Waals surface area contributed by atoms with Gasteiger partial charge in [0, 0.05) is 34.1 Å². The zero-order valence-electron chi connectivity index (χ0n) is 35.8. The summed E-state index contributed by atoms with van der Waals surface area (Å²) in [6.07, 6.45) is 13.6. The second-order valence-corrected chi connectivity index (χ2v) is 16.8. The Labute approximate surface area is 377 Å². The normalized spacial score (nSPS) is 12.6. The van der Waals surface area contributed by atoms with E-state index in [1.165, 1.54) is 66.8 Å². The first-order valence-electron chi connectivity index (χ1n) is 22.5. The molecule has 0 aliphatic heterocycles. The van der Waals surface area contributed by atoms with Crippen molar-refractivity contribution in [3.05, 3.63) is 253 Å². The van der Waals surface area contributed by atoms with Gasteiger partial charge in [-0.05, 0) is 177 Å². The maximum absolute atomic E-state index is 2.33. The lowest BCUT2D eigenvalue weighted by Crippen LogP contribution is -2.09. The Hall–Kier alpha value is -7.94. The molecule has 2 aliphatic rings. The smallest absolute Gasteiger partial charge is 0.0462 e. The number of allylic oxidation sites excluding steroid dienone is 2. The molecule has 0 amide bonds. The molecule has 0 atom stereocenters. The largest absolute Gasteiger partial charge is 0.311 e. The molecule has 0 saturated carbocycles. The first-order valence-corrected chi connectivity index (χ1v) is 22.5. The third-order valence-corrected chi connectivity index (χ3v) is 12.8. The topological polar surface area (TPSA) is 6.48 Å². The highest BCUT2D eigenvalue weighted by molar-refractivity contribution is 5.83. The number of hydrogen-bond donors (Lipinski definition) is 0. The van der Waals surface area contributed by atoms with Gasteiger partial charge >= 0.3 is 0 Å². The summed E-state index contributed by atoms with van der Waals surface area (Å²) in [5.74, 6) is 0. The summed E-state index contributed by atoms with van der Waals surface area (Å²) in [5, 5.41) is 0. The predicted molar refractivity (Wildman–Crippen MR) is 272 cm³/mol. The number of nitrogens with zero attached hydrogens (tertiary/aromatic N) is 2. The van der Waals surface area contributed by atoms with E-state index in [-0.39, 0.29) is 0 Å². The average molecular weight is 821 g/mol. The highest BCUT2D eigenvalue weighted by Crippen LogP contribution is 2.39. The lowest BCUT2D eigenvalue weighted by molar-refractivity contribution is 0.986. The molecule has 0 heterocycles. The molecule has 2 nitrogen and oxygen atoms in total. The van der Waals surface area contributed by atoms with Gasteiger partial charge in [-0.3, -0.25) is 0 Å². The Bertz CT molecular complexity index is 2880. The van der Waals surface area contributed by atoms with E-state index >= 15 is 0 Å². The zero-order valence-corrected chi connectivity index (χ0v) is 35.8. The highest BCUT2D eigenvalue weighted by atomic mass is 15.1.